The first-order chi connectivity index (χ1) is 18.0. The highest BCUT2D eigenvalue weighted by Crippen LogP contribution is 2.38. The predicted molar refractivity (Wildman–Crippen MR) is 165 cm³/mol. The summed E-state index contributed by atoms with van der Waals surface area (Å²) >= 11 is 0. The zero-order valence-corrected chi connectivity index (χ0v) is 27.1. The molecule has 2 aromatic carbocycles. The van der Waals surface area contributed by atoms with Crippen molar-refractivity contribution in [1.29, 1.82) is 0 Å². The Morgan fingerprint density at radius 3 is 1.74 bits per heavy atom. The monoisotopic (exact) mass is 554 g/mol. The van der Waals surface area contributed by atoms with Gasteiger partial charge in [0.25, 0.3) is 8.32 Å². The van der Waals surface area contributed by atoms with Gasteiger partial charge in [0.05, 0.1) is 13.2 Å². The number of benzene rings is 2. The third-order valence-corrected chi connectivity index (χ3v) is 17.8. The van der Waals surface area contributed by atoms with E-state index in [2.05, 4.69) is 116 Å². The van der Waals surface area contributed by atoms with Gasteiger partial charge in [0.15, 0.2) is 8.32 Å². The number of methoxy groups -OCH3 is 1. The van der Waals surface area contributed by atoms with E-state index in [9.17, 15) is 4.79 Å². The third-order valence-electron chi connectivity index (χ3n) is 8.11. The van der Waals surface area contributed by atoms with Gasteiger partial charge in [-0.2, -0.15) is 0 Å². The second kappa shape index (κ2) is 14.4. The highest BCUT2D eigenvalue weighted by Gasteiger charge is 2.50. The molecule has 210 valence electrons. The second-order valence-electron chi connectivity index (χ2n) is 11.5. The topological polar surface area (TPSA) is 44.8 Å². The molecule has 0 aliphatic heterocycles. The van der Waals surface area contributed by atoms with Crippen LogP contribution in [0.4, 0.5) is 0 Å². The van der Waals surface area contributed by atoms with Crippen molar-refractivity contribution in [2.24, 2.45) is 11.8 Å². The summed E-state index contributed by atoms with van der Waals surface area (Å²) in [6, 6.07) is 24.8. The lowest BCUT2D eigenvalue weighted by Gasteiger charge is -2.45. The predicted octanol–water partition coefficient (Wildman–Crippen LogP) is 6.95. The number of ether oxygens (including phenoxy) is 1. The summed E-state index contributed by atoms with van der Waals surface area (Å²) in [5.41, 5.74) is 0. The van der Waals surface area contributed by atoms with E-state index in [-0.39, 0.29) is 28.9 Å². The minimum atomic E-state index is -2.65. The summed E-state index contributed by atoms with van der Waals surface area (Å²) in [6.45, 7) is 18.7. The van der Waals surface area contributed by atoms with Crippen LogP contribution in [0.2, 0.25) is 23.2 Å². The maximum Gasteiger partial charge on any atom is 0.330 e. The Balaban J connectivity index is 2.51. The van der Waals surface area contributed by atoms with E-state index in [0.29, 0.717) is 6.61 Å². The molecule has 38 heavy (non-hydrogen) atoms. The van der Waals surface area contributed by atoms with Gasteiger partial charge in [-0.05, 0) is 39.5 Å². The summed E-state index contributed by atoms with van der Waals surface area (Å²) in [5.74, 6) is -0.161. The fraction of sp³-hybridized carbons (Fsp3) is 0.531. The summed E-state index contributed by atoms with van der Waals surface area (Å²) in [6.07, 6.45) is 3.42. The fourth-order valence-corrected chi connectivity index (χ4v) is 13.2. The third kappa shape index (κ3) is 7.56. The normalized spacial score (nSPS) is 15.3. The molecule has 2 rings (SSSR count). The second-order valence-corrected chi connectivity index (χ2v) is 20.5. The van der Waals surface area contributed by atoms with Gasteiger partial charge in [0.2, 0.25) is 0 Å². The minimum Gasteiger partial charge on any atom is -0.466 e. The van der Waals surface area contributed by atoms with Crippen LogP contribution in [0.1, 0.15) is 55.4 Å². The molecule has 0 aliphatic rings. The van der Waals surface area contributed by atoms with E-state index in [1.54, 1.807) is 0 Å². The Bertz CT molecular complexity index is 949. The van der Waals surface area contributed by atoms with Gasteiger partial charge in [0.1, 0.15) is 0 Å². The molecule has 0 fully saturated rings. The number of rotatable bonds is 14. The van der Waals surface area contributed by atoms with Crippen LogP contribution in [0, 0.1) is 11.8 Å². The van der Waals surface area contributed by atoms with Crippen molar-refractivity contribution in [3.63, 3.8) is 0 Å². The number of carbonyl (C=O) groups is 1. The van der Waals surface area contributed by atoms with Crippen LogP contribution >= 0.6 is 0 Å². The molecule has 0 heterocycles. The van der Waals surface area contributed by atoms with Crippen LogP contribution in [0.25, 0.3) is 0 Å². The van der Waals surface area contributed by atoms with E-state index in [1.807, 2.05) is 6.08 Å². The van der Waals surface area contributed by atoms with Crippen LogP contribution in [0.3, 0.4) is 0 Å². The van der Waals surface area contributed by atoms with Gasteiger partial charge in [-0.25, -0.2) is 4.79 Å². The number of hydrogen-bond acceptors (Lipinski definition) is 4. The Kier molecular flexibility index (Phi) is 12.2. The first-order valence-electron chi connectivity index (χ1n) is 14.2. The lowest BCUT2D eigenvalue weighted by atomic mass is 9.94. The average Bonchev–Trinajstić information content (AvgIpc) is 2.93. The van der Waals surface area contributed by atoms with E-state index in [0.717, 1.165) is 18.1 Å². The highest BCUT2D eigenvalue weighted by atomic mass is 28.4. The van der Waals surface area contributed by atoms with Crippen molar-refractivity contribution in [3.05, 3.63) is 72.8 Å². The van der Waals surface area contributed by atoms with Crippen molar-refractivity contribution >= 4 is 33.0 Å². The zero-order chi connectivity index (χ0) is 28.4. The molecule has 0 aromatic heterocycles. The van der Waals surface area contributed by atoms with Gasteiger partial charge in [0, 0.05) is 18.6 Å². The summed E-state index contributed by atoms with van der Waals surface area (Å²) in [7, 11) is -3.15. The maximum atomic E-state index is 11.9. The van der Waals surface area contributed by atoms with Crippen LogP contribution in [0.5, 0.6) is 0 Å². The number of hydrogen-bond donors (Lipinski definition) is 0. The molecule has 0 N–H and O–H groups in total. The van der Waals surface area contributed by atoms with Crippen LogP contribution in [-0.4, -0.2) is 42.4 Å². The van der Waals surface area contributed by atoms with Gasteiger partial charge >= 0.3 is 5.97 Å². The molecule has 2 aromatic rings. The van der Waals surface area contributed by atoms with Crippen molar-refractivity contribution in [2.45, 2.75) is 84.7 Å². The van der Waals surface area contributed by atoms with E-state index in [1.165, 1.54) is 23.6 Å². The molecule has 0 bridgehead atoms. The van der Waals surface area contributed by atoms with Gasteiger partial charge in [-0.15, -0.1) is 0 Å². The minimum absolute atomic E-state index is 0.0448. The van der Waals surface area contributed by atoms with E-state index >= 15 is 0 Å². The molecule has 3 atom stereocenters. The van der Waals surface area contributed by atoms with Gasteiger partial charge in [-0.3, -0.25) is 0 Å². The van der Waals surface area contributed by atoms with Crippen LogP contribution in [0.15, 0.2) is 72.8 Å². The standard InChI is InChI=1S/C32H50O4Si2/c1-10-37(11-2,12-3)36-31(26(4)23-24-30(33)34-9)27(5)25-35-38(32(6,7)8,28-19-15-13-16-20-28)29-21-17-14-18-22-29/h13-24,26-27,31H,10-12,25H2,1-9H3/b24-23+/t26-,27-,31-/m0/s1. The Morgan fingerprint density at radius 1 is 0.868 bits per heavy atom. The lowest BCUT2D eigenvalue weighted by Crippen LogP contribution is -2.67. The average molecular weight is 555 g/mol. The Labute approximate surface area is 234 Å². The molecule has 0 unspecified atom stereocenters. The Morgan fingerprint density at radius 2 is 1.34 bits per heavy atom. The highest BCUT2D eigenvalue weighted by molar-refractivity contribution is 6.99. The largest absolute Gasteiger partial charge is 0.466 e. The van der Waals surface area contributed by atoms with Crippen LogP contribution in [-0.2, 0) is 18.4 Å². The lowest BCUT2D eigenvalue weighted by molar-refractivity contribution is -0.134. The summed E-state index contributed by atoms with van der Waals surface area (Å²) in [4.78, 5) is 11.9. The zero-order valence-electron chi connectivity index (χ0n) is 25.1. The quantitative estimate of drug-likeness (QED) is 0.144. The molecule has 0 saturated carbocycles. The smallest absolute Gasteiger partial charge is 0.330 e. The number of carbonyl (C=O) groups excluding carboxylic acids is 1. The van der Waals surface area contributed by atoms with Crippen molar-refractivity contribution in [2.75, 3.05) is 13.7 Å². The molecule has 0 saturated heterocycles. The molecule has 4 nitrogen and oxygen atoms in total. The summed E-state index contributed by atoms with van der Waals surface area (Å²) < 4.78 is 19.2. The molecule has 0 spiro atoms. The van der Waals surface area contributed by atoms with Crippen LogP contribution < -0.4 is 10.4 Å². The fourth-order valence-electron chi connectivity index (χ4n) is 5.55. The van der Waals surface area contributed by atoms with E-state index < -0.39 is 16.6 Å². The molecule has 0 amide bonds. The SMILES string of the molecule is CC[Si](CC)(CC)O[C@@H]([C@@H](C)/C=C/C(=O)OC)[C@@H](C)CO[Si](c1ccccc1)(c1ccccc1)C(C)(C)C. The van der Waals surface area contributed by atoms with Crippen molar-refractivity contribution in [3.8, 4) is 0 Å². The molecular weight excluding hydrogens is 505 g/mol. The molecule has 0 radical (unpaired) electrons. The van der Waals surface area contributed by atoms with Crippen molar-refractivity contribution in [1.82, 2.24) is 0 Å². The molecule has 0 aliphatic carbocycles. The molecule has 6 heteroatoms. The van der Waals surface area contributed by atoms with Crippen molar-refractivity contribution < 1.29 is 18.4 Å². The van der Waals surface area contributed by atoms with Gasteiger partial charge in [-0.1, -0.05) is 122 Å². The first-order valence-corrected chi connectivity index (χ1v) is 18.6. The first kappa shape index (κ1) is 32.2. The Hall–Kier alpha value is -2.00. The number of esters is 1. The van der Waals surface area contributed by atoms with E-state index in [4.69, 9.17) is 13.6 Å². The van der Waals surface area contributed by atoms with Gasteiger partial charge < -0.3 is 13.6 Å². The molecular formula is C32H50O4Si2. The maximum absolute atomic E-state index is 11.9. The summed E-state index contributed by atoms with van der Waals surface area (Å²) in [5, 5.41) is 2.47.